The van der Waals surface area contributed by atoms with Crippen molar-refractivity contribution < 1.29 is 0 Å². The molecule has 0 fully saturated rings. The fourth-order valence-electron chi connectivity index (χ4n) is 1.04. The normalized spacial score (nSPS) is 9.17. The van der Waals surface area contributed by atoms with Crippen LogP contribution in [0, 0.1) is 0 Å². The van der Waals surface area contributed by atoms with Gasteiger partial charge in [-0.1, -0.05) is 37.8 Å². The molecule has 0 N–H and O–H groups in total. The van der Waals surface area contributed by atoms with Crippen LogP contribution in [0.25, 0.3) is 4.91 Å². The minimum absolute atomic E-state index is 0.810. The SMILES string of the molecule is C=C=C(S)c1cccc(CC)c1. The highest BCUT2D eigenvalue weighted by Gasteiger charge is 1.95. The average molecular weight is 176 g/mol. The van der Waals surface area contributed by atoms with Gasteiger partial charge in [-0.3, -0.25) is 0 Å². The molecule has 0 nitrogen and oxygen atoms in total. The molecule has 0 unspecified atom stereocenters. The van der Waals surface area contributed by atoms with Crippen LogP contribution in [0.2, 0.25) is 0 Å². The van der Waals surface area contributed by atoms with E-state index in [1.54, 1.807) is 0 Å². The number of rotatable bonds is 2. The zero-order valence-electron chi connectivity index (χ0n) is 7.17. The van der Waals surface area contributed by atoms with Crippen molar-refractivity contribution in [3.8, 4) is 0 Å². The van der Waals surface area contributed by atoms with Crippen molar-refractivity contribution in [2.75, 3.05) is 0 Å². The maximum atomic E-state index is 4.25. The van der Waals surface area contributed by atoms with Crippen molar-refractivity contribution >= 4 is 17.5 Å². The maximum absolute atomic E-state index is 4.25. The number of hydrogen-bond donors (Lipinski definition) is 1. The van der Waals surface area contributed by atoms with Crippen LogP contribution in [0.4, 0.5) is 0 Å². The summed E-state index contributed by atoms with van der Waals surface area (Å²) in [6.07, 6.45) is 1.05. The van der Waals surface area contributed by atoms with Crippen LogP contribution in [0.3, 0.4) is 0 Å². The molecule has 0 atom stereocenters. The van der Waals surface area contributed by atoms with Crippen molar-refractivity contribution in [1.29, 1.82) is 0 Å². The van der Waals surface area contributed by atoms with Gasteiger partial charge in [0.2, 0.25) is 0 Å². The highest BCUT2D eigenvalue weighted by molar-refractivity contribution is 7.90. The summed E-state index contributed by atoms with van der Waals surface area (Å²) in [5.41, 5.74) is 5.17. The quantitative estimate of drug-likeness (QED) is 0.518. The van der Waals surface area contributed by atoms with Gasteiger partial charge in [0.25, 0.3) is 0 Å². The van der Waals surface area contributed by atoms with E-state index in [2.05, 4.69) is 44.0 Å². The second-order valence-electron chi connectivity index (χ2n) is 2.58. The van der Waals surface area contributed by atoms with Gasteiger partial charge in [-0.2, -0.15) is 0 Å². The first kappa shape index (κ1) is 9.18. The van der Waals surface area contributed by atoms with E-state index in [1.807, 2.05) is 12.1 Å². The van der Waals surface area contributed by atoms with E-state index in [0.29, 0.717) is 0 Å². The highest BCUT2D eigenvalue weighted by Crippen LogP contribution is 2.17. The summed E-state index contributed by atoms with van der Waals surface area (Å²) in [5.74, 6) is 0. The molecule has 0 spiro atoms. The smallest absolute Gasteiger partial charge is 0.0528 e. The Labute approximate surface area is 79.0 Å². The Kier molecular flexibility index (Phi) is 3.21. The number of aryl methyl sites for hydroxylation is 1. The van der Waals surface area contributed by atoms with Gasteiger partial charge in [0, 0.05) is 0 Å². The molecule has 1 rings (SSSR count). The Morgan fingerprint density at radius 3 is 2.92 bits per heavy atom. The standard InChI is InChI=1S/C11H12S/c1-3-9-6-5-7-10(8-9)11(12)4-2/h5-8,12H,2-3H2,1H3. The lowest BCUT2D eigenvalue weighted by Crippen LogP contribution is -1.81. The van der Waals surface area contributed by atoms with E-state index in [-0.39, 0.29) is 0 Å². The Morgan fingerprint density at radius 1 is 1.58 bits per heavy atom. The van der Waals surface area contributed by atoms with Crippen molar-refractivity contribution in [3.63, 3.8) is 0 Å². The first-order valence-corrected chi connectivity index (χ1v) is 4.41. The van der Waals surface area contributed by atoms with Crippen LogP contribution in [-0.2, 0) is 6.42 Å². The Hall–Kier alpha value is -0.910. The summed E-state index contributed by atoms with van der Waals surface area (Å²) in [6, 6.07) is 8.26. The molecule has 0 aliphatic heterocycles. The first-order chi connectivity index (χ1) is 5.77. The molecule has 0 bridgehead atoms. The minimum Gasteiger partial charge on any atom is -0.135 e. The van der Waals surface area contributed by atoms with E-state index in [1.165, 1.54) is 5.56 Å². The van der Waals surface area contributed by atoms with Gasteiger partial charge in [-0.15, -0.1) is 18.4 Å². The molecule has 0 heterocycles. The van der Waals surface area contributed by atoms with Gasteiger partial charge in [0.15, 0.2) is 0 Å². The predicted molar refractivity (Wildman–Crippen MR) is 57.4 cm³/mol. The lowest BCUT2D eigenvalue weighted by molar-refractivity contribution is 1.14. The molecule has 62 valence electrons. The van der Waals surface area contributed by atoms with Gasteiger partial charge in [0.05, 0.1) is 4.91 Å². The molecule has 1 aromatic carbocycles. The lowest BCUT2D eigenvalue weighted by Gasteiger charge is -2.00. The molecule has 0 amide bonds. The molecule has 0 aliphatic rings. The molecule has 0 saturated carbocycles. The first-order valence-electron chi connectivity index (χ1n) is 3.96. The molecular weight excluding hydrogens is 164 g/mol. The Bertz CT molecular complexity index is 320. The lowest BCUT2D eigenvalue weighted by atomic mass is 10.1. The maximum Gasteiger partial charge on any atom is 0.0528 e. The third-order valence-electron chi connectivity index (χ3n) is 1.78. The Balaban J connectivity index is 3.10. The summed E-state index contributed by atoms with van der Waals surface area (Å²) in [5, 5.41) is 0. The number of benzene rings is 1. The van der Waals surface area contributed by atoms with E-state index in [4.69, 9.17) is 0 Å². The Morgan fingerprint density at radius 2 is 2.33 bits per heavy atom. The summed E-state index contributed by atoms with van der Waals surface area (Å²) in [7, 11) is 0. The van der Waals surface area contributed by atoms with Crippen molar-refractivity contribution in [2.45, 2.75) is 13.3 Å². The van der Waals surface area contributed by atoms with Crippen molar-refractivity contribution in [2.24, 2.45) is 0 Å². The molecule has 1 heteroatoms. The topological polar surface area (TPSA) is 0 Å². The van der Waals surface area contributed by atoms with E-state index in [0.717, 1.165) is 16.9 Å². The predicted octanol–water partition coefficient (Wildman–Crippen LogP) is 3.30. The number of thiol groups is 1. The van der Waals surface area contributed by atoms with E-state index < -0.39 is 0 Å². The molecule has 0 aliphatic carbocycles. The number of hydrogen-bond acceptors (Lipinski definition) is 1. The molecule has 0 aromatic heterocycles. The highest BCUT2D eigenvalue weighted by atomic mass is 32.1. The summed E-state index contributed by atoms with van der Waals surface area (Å²) < 4.78 is 0. The fourth-order valence-corrected chi connectivity index (χ4v) is 1.18. The molecular formula is C11H12S. The van der Waals surface area contributed by atoms with Gasteiger partial charge < -0.3 is 0 Å². The molecule has 0 saturated heterocycles. The van der Waals surface area contributed by atoms with Gasteiger partial charge in [-0.25, -0.2) is 0 Å². The third kappa shape index (κ3) is 2.04. The van der Waals surface area contributed by atoms with Crippen LogP contribution in [0.1, 0.15) is 18.1 Å². The van der Waals surface area contributed by atoms with Gasteiger partial charge in [-0.05, 0) is 17.5 Å². The third-order valence-corrected chi connectivity index (χ3v) is 2.19. The summed E-state index contributed by atoms with van der Waals surface area (Å²) in [6.45, 7) is 5.69. The van der Waals surface area contributed by atoms with Gasteiger partial charge >= 0.3 is 0 Å². The van der Waals surface area contributed by atoms with Crippen LogP contribution in [-0.4, -0.2) is 0 Å². The van der Waals surface area contributed by atoms with Crippen LogP contribution < -0.4 is 0 Å². The second-order valence-corrected chi connectivity index (χ2v) is 3.03. The molecule has 0 radical (unpaired) electrons. The average Bonchev–Trinajstić information content (AvgIpc) is 2.17. The summed E-state index contributed by atoms with van der Waals surface area (Å²) in [4.78, 5) is 0.810. The van der Waals surface area contributed by atoms with Crippen LogP contribution >= 0.6 is 12.6 Å². The van der Waals surface area contributed by atoms with E-state index in [9.17, 15) is 0 Å². The zero-order chi connectivity index (χ0) is 8.97. The second kappa shape index (κ2) is 4.20. The molecule has 1 aromatic rings. The monoisotopic (exact) mass is 176 g/mol. The van der Waals surface area contributed by atoms with Crippen LogP contribution in [0.5, 0.6) is 0 Å². The van der Waals surface area contributed by atoms with Crippen LogP contribution in [0.15, 0.2) is 36.6 Å². The largest absolute Gasteiger partial charge is 0.135 e. The minimum atomic E-state index is 0.810. The zero-order valence-corrected chi connectivity index (χ0v) is 8.07. The van der Waals surface area contributed by atoms with Crippen molar-refractivity contribution in [1.82, 2.24) is 0 Å². The van der Waals surface area contributed by atoms with Gasteiger partial charge in [0.1, 0.15) is 0 Å². The van der Waals surface area contributed by atoms with E-state index >= 15 is 0 Å². The summed E-state index contributed by atoms with van der Waals surface area (Å²) >= 11 is 4.25. The fraction of sp³-hybridized carbons (Fsp3) is 0.182. The van der Waals surface area contributed by atoms with Crippen molar-refractivity contribution in [3.05, 3.63) is 47.7 Å². The molecule has 12 heavy (non-hydrogen) atoms.